The third kappa shape index (κ3) is 7.51. The summed E-state index contributed by atoms with van der Waals surface area (Å²) < 4.78 is 0. The highest BCUT2D eigenvalue weighted by Gasteiger charge is 2.16. The summed E-state index contributed by atoms with van der Waals surface area (Å²) in [7, 11) is 0. The molecular weight excluding hydrogens is 377 g/mol. The van der Waals surface area contributed by atoms with Crippen molar-refractivity contribution in [3.63, 3.8) is 0 Å². The van der Waals surface area contributed by atoms with Gasteiger partial charge in [0, 0.05) is 50.1 Å². The molecule has 1 aliphatic rings. The van der Waals surface area contributed by atoms with Gasteiger partial charge in [-0.1, -0.05) is 29.8 Å². The van der Waals surface area contributed by atoms with Gasteiger partial charge in [0.05, 0.1) is 0 Å². The van der Waals surface area contributed by atoms with Gasteiger partial charge in [0.25, 0.3) is 0 Å². The summed E-state index contributed by atoms with van der Waals surface area (Å²) in [6.07, 6.45) is 6.15. The molecule has 0 radical (unpaired) electrons. The first kappa shape index (κ1) is 22.2. The molecule has 1 saturated heterocycles. The highest BCUT2D eigenvalue weighted by Crippen LogP contribution is 2.13. The Morgan fingerprint density at radius 1 is 0.880 bits per heavy atom. The molecule has 0 saturated carbocycles. The van der Waals surface area contributed by atoms with Gasteiger partial charge in [0.2, 0.25) is 0 Å². The molecule has 0 N–H and O–H groups in total. The van der Waals surface area contributed by atoms with Gasteiger partial charge in [0.15, 0.2) is 0 Å². The lowest BCUT2D eigenvalue weighted by atomic mass is 10.1. The van der Waals surface area contributed by atoms with Crippen molar-refractivity contribution in [1.29, 1.82) is 0 Å². The Kier molecular flexibility index (Phi) is 10.4. The lowest BCUT2D eigenvalue weighted by Gasteiger charge is -2.34. The lowest BCUT2D eigenvalue weighted by molar-refractivity contribution is 0.126. The fourth-order valence-electron chi connectivity index (χ4n) is 3.07. The molecule has 1 aromatic carbocycles. The summed E-state index contributed by atoms with van der Waals surface area (Å²) in [5.41, 5.74) is 2.69. The molecule has 138 valence electrons. The number of pyridine rings is 1. The van der Waals surface area contributed by atoms with Gasteiger partial charge in [-0.2, -0.15) is 0 Å². The minimum Gasteiger partial charge on any atom is -0.301 e. The summed E-state index contributed by atoms with van der Waals surface area (Å²) in [4.78, 5) is 9.28. The molecule has 2 heterocycles. The molecule has 0 spiro atoms. The third-order valence-electron chi connectivity index (χ3n) is 4.45. The number of hydrogen-bond donors (Lipinski definition) is 0. The van der Waals surface area contributed by atoms with Gasteiger partial charge in [0.1, 0.15) is 0 Å². The first-order valence-electron chi connectivity index (χ1n) is 8.38. The maximum Gasteiger partial charge on any atom is 0.0406 e. The number of hydrogen-bond acceptors (Lipinski definition) is 3. The first-order chi connectivity index (χ1) is 11.3. The second-order valence-electron chi connectivity index (χ2n) is 6.21. The topological polar surface area (TPSA) is 19.4 Å². The zero-order chi connectivity index (χ0) is 15.9. The number of benzene rings is 1. The average Bonchev–Trinajstić information content (AvgIpc) is 2.59. The Morgan fingerprint density at radius 3 is 2.20 bits per heavy atom. The van der Waals surface area contributed by atoms with Gasteiger partial charge >= 0.3 is 0 Å². The van der Waals surface area contributed by atoms with Crippen molar-refractivity contribution < 1.29 is 0 Å². The van der Waals surface area contributed by atoms with Crippen LogP contribution >= 0.6 is 36.4 Å². The molecule has 6 heteroatoms. The molecule has 2 aromatic rings. The molecular formula is C19H26Cl3N3. The van der Waals surface area contributed by atoms with Crippen LogP contribution in [0.2, 0.25) is 5.02 Å². The van der Waals surface area contributed by atoms with Crippen molar-refractivity contribution in [3.05, 3.63) is 64.9 Å². The number of nitrogens with zero attached hydrogens (tertiary/aromatic N) is 3. The van der Waals surface area contributed by atoms with E-state index >= 15 is 0 Å². The summed E-state index contributed by atoms with van der Waals surface area (Å²) in [5.74, 6) is 0. The van der Waals surface area contributed by atoms with Crippen LogP contribution in [0.25, 0.3) is 0 Å². The summed E-state index contributed by atoms with van der Waals surface area (Å²) >= 11 is 5.94. The molecule has 3 nitrogen and oxygen atoms in total. The highest BCUT2D eigenvalue weighted by atomic mass is 35.5. The number of aromatic nitrogens is 1. The van der Waals surface area contributed by atoms with E-state index in [1.165, 1.54) is 37.2 Å². The van der Waals surface area contributed by atoms with Crippen LogP contribution in [0.5, 0.6) is 0 Å². The van der Waals surface area contributed by atoms with E-state index in [0.29, 0.717) is 0 Å². The minimum atomic E-state index is 0. The maximum atomic E-state index is 5.94. The van der Waals surface area contributed by atoms with Crippen LogP contribution in [0.15, 0.2) is 48.8 Å². The summed E-state index contributed by atoms with van der Waals surface area (Å²) in [5, 5.41) is 0.812. The summed E-state index contributed by atoms with van der Waals surface area (Å²) in [6.45, 7) is 6.84. The molecule has 0 amide bonds. The van der Waals surface area contributed by atoms with E-state index in [1.807, 2.05) is 30.6 Å². The zero-order valence-corrected chi connectivity index (χ0v) is 16.7. The molecule has 1 aromatic heterocycles. The Hall–Kier alpha value is -0.840. The van der Waals surface area contributed by atoms with Crippen LogP contribution < -0.4 is 0 Å². The Bertz CT molecular complexity index is 585. The van der Waals surface area contributed by atoms with Gasteiger partial charge in [-0.15, -0.1) is 24.8 Å². The number of halogens is 3. The van der Waals surface area contributed by atoms with Crippen LogP contribution in [-0.2, 0) is 13.0 Å². The van der Waals surface area contributed by atoms with Crippen molar-refractivity contribution in [3.8, 4) is 0 Å². The van der Waals surface area contributed by atoms with E-state index in [2.05, 4.69) is 33.0 Å². The molecule has 1 fully saturated rings. The van der Waals surface area contributed by atoms with Gasteiger partial charge in [-0.05, 0) is 48.7 Å². The van der Waals surface area contributed by atoms with E-state index in [1.54, 1.807) is 0 Å². The van der Waals surface area contributed by atoms with Crippen molar-refractivity contribution in [2.24, 2.45) is 0 Å². The number of aryl methyl sites for hydroxylation is 1. The van der Waals surface area contributed by atoms with Crippen LogP contribution in [0.1, 0.15) is 17.5 Å². The quantitative estimate of drug-likeness (QED) is 0.717. The second kappa shape index (κ2) is 11.7. The molecule has 0 unspecified atom stereocenters. The van der Waals surface area contributed by atoms with Crippen molar-refractivity contribution >= 4 is 36.4 Å². The lowest BCUT2D eigenvalue weighted by Crippen LogP contribution is -2.46. The second-order valence-corrected chi connectivity index (χ2v) is 6.65. The Balaban J connectivity index is 0.00000156. The van der Waals surface area contributed by atoms with E-state index in [0.717, 1.165) is 31.1 Å². The summed E-state index contributed by atoms with van der Waals surface area (Å²) in [6, 6.07) is 12.4. The normalized spacial score (nSPS) is 15.2. The Morgan fingerprint density at radius 2 is 1.56 bits per heavy atom. The van der Waals surface area contributed by atoms with E-state index < -0.39 is 0 Å². The van der Waals surface area contributed by atoms with Gasteiger partial charge in [-0.25, -0.2) is 0 Å². The van der Waals surface area contributed by atoms with Crippen molar-refractivity contribution in [1.82, 2.24) is 14.8 Å². The van der Waals surface area contributed by atoms with Crippen molar-refractivity contribution in [2.45, 2.75) is 19.4 Å². The molecule has 3 rings (SSSR count). The third-order valence-corrected chi connectivity index (χ3v) is 4.70. The average molecular weight is 403 g/mol. The van der Waals surface area contributed by atoms with E-state index in [4.69, 9.17) is 11.6 Å². The molecule has 0 aliphatic carbocycles. The molecule has 25 heavy (non-hydrogen) atoms. The maximum absolute atomic E-state index is 5.94. The fourth-order valence-corrected chi connectivity index (χ4v) is 3.20. The number of rotatable bonds is 6. The van der Waals surface area contributed by atoms with Gasteiger partial charge in [-0.3, -0.25) is 9.88 Å². The number of piperazine rings is 1. The molecule has 1 aliphatic heterocycles. The van der Waals surface area contributed by atoms with Crippen LogP contribution in [0.4, 0.5) is 0 Å². The van der Waals surface area contributed by atoms with Crippen LogP contribution in [0, 0.1) is 0 Å². The van der Waals surface area contributed by atoms with E-state index in [9.17, 15) is 0 Å². The Labute approximate surface area is 168 Å². The van der Waals surface area contributed by atoms with Crippen LogP contribution in [-0.4, -0.2) is 47.5 Å². The van der Waals surface area contributed by atoms with Gasteiger partial charge < -0.3 is 4.90 Å². The van der Waals surface area contributed by atoms with E-state index in [-0.39, 0.29) is 24.8 Å². The SMILES string of the molecule is Cl.Cl.Clc1ccc(CN2CCN(CCCc3cccnc3)CC2)cc1. The zero-order valence-electron chi connectivity index (χ0n) is 14.3. The smallest absolute Gasteiger partial charge is 0.0406 e. The predicted octanol–water partition coefficient (Wildman–Crippen LogP) is 4.33. The minimum absolute atomic E-state index is 0. The molecule has 0 atom stereocenters. The fraction of sp³-hybridized carbons (Fsp3) is 0.421. The van der Waals surface area contributed by atoms with Crippen molar-refractivity contribution in [2.75, 3.05) is 32.7 Å². The first-order valence-corrected chi connectivity index (χ1v) is 8.75. The standard InChI is InChI=1S/C19H24ClN3.2ClH/c20-19-7-5-18(6-8-19)16-23-13-11-22(12-14-23)10-2-4-17-3-1-9-21-15-17;;/h1,3,5-9,15H,2,4,10-14,16H2;2*1H. The predicted molar refractivity (Wildman–Crippen MR) is 110 cm³/mol. The van der Waals surface area contributed by atoms with Crippen LogP contribution in [0.3, 0.4) is 0 Å². The molecule has 0 bridgehead atoms. The highest BCUT2D eigenvalue weighted by molar-refractivity contribution is 6.30. The monoisotopic (exact) mass is 401 g/mol. The largest absolute Gasteiger partial charge is 0.301 e.